The number of piperidine rings is 1. The van der Waals surface area contributed by atoms with Gasteiger partial charge in [-0.05, 0) is 45.2 Å². The Balaban J connectivity index is 2.23. The fraction of sp³-hybridized carbons (Fsp3) is 0.556. The van der Waals surface area contributed by atoms with Crippen molar-refractivity contribution < 1.29 is 9.90 Å². The van der Waals surface area contributed by atoms with E-state index in [0.29, 0.717) is 13.1 Å². The van der Waals surface area contributed by atoms with E-state index >= 15 is 0 Å². The van der Waals surface area contributed by atoms with Crippen LogP contribution >= 0.6 is 0 Å². The minimum atomic E-state index is -0.300. The Morgan fingerprint density at radius 1 is 1.43 bits per heavy atom. The van der Waals surface area contributed by atoms with Crippen molar-refractivity contribution in [3.05, 3.63) is 45.9 Å². The third-order valence-corrected chi connectivity index (χ3v) is 4.58. The minimum absolute atomic E-state index is 0.0490. The second kappa shape index (κ2) is 7.13. The lowest BCUT2D eigenvalue weighted by atomic mass is 9.77. The van der Waals surface area contributed by atoms with Gasteiger partial charge in [-0.1, -0.05) is 11.6 Å². The fourth-order valence-electron chi connectivity index (χ4n) is 3.09. The predicted octanol–water partition coefficient (Wildman–Crippen LogP) is 1.96. The Labute approximate surface area is 137 Å². The van der Waals surface area contributed by atoms with E-state index in [9.17, 15) is 14.7 Å². The smallest absolute Gasteiger partial charge is 0.263 e. The number of hydrogen-bond donors (Lipinski definition) is 1. The molecule has 0 bridgehead atoms. The van der Waals surface area contributed by atoms with Crippen LogP contribution in [0, 0.1) is 5.41 Å². The Morgan fingerprint density at radius 2 is 2.17 bits per heavy atom. The van der Waals surface area contributed by atoms with Crippen LogP contribution in [0.2, 0.25) is 0 Å². The first-order valence-electron chi connectivity index (χ1n) is 8.08. The number of aryl methyl sites for hydroxylation is 1. The zero-order chi connectivity index (χ0) is 17.0. The van der Waals surface area contributed by atoms with Crippen molar-refractivity contribution in [3.63, 3.8) is 0 Å². The van der Waals surface area contributed by atoms with E-state index in [-0.39, 0.29) is 29.1 Å². The number of aliphatic hydroxyl groups excluding tert-OH is 1. The standard InChI is InChI=1S/C18H26N2O3/c1-14(2)7-9-18(13-21)8-5-11-20(12-18)17(23)15-6-4-10-19(3)16(15)22/h4,6-7,10,21H,5,8-9,11-13H2,1-3H3. The minimum Gasteiger partial charge on any atom is -0.396 e. The topological polar surface area (TPSA) is 62.5 Å². The second-order valence-electron chi connectivity index (χ2n) is 6.81. The van der Waals surface area contributed by atoms with Crippen LogP contribution in [-0.4, -0.2) is 40.2 Å². The molecule has 1 aliphatic rings. The average molecular weight is 318 g/mol. The van der Waals surface area contributed by atoms with Crippen LogP contribution in [0.15, 0.2) is 34.8 Å². The van der Waals surface area contributed by atoms with E-state index in [2.05, 4.69) is 6.08 Å². The van der Waals surface area contributed by atoms with Gasteiger partial charge in [0.2, 0.25) is 0 Å². The monoisotopic (exact) mass is 318 g/mol. The maximum absolute atomic E-state index is 12.7. The number of amides is 1. The zero-order valence-corrected chi connectivity index (χ0v) is 14.2. The molecule has 5 heteroatoms. The molecule has 1 aliphatic heterocycles. The molecule has 0 saturated carbocycles. The third-order valence-electron chi connectivity index (χ3n) is 4.58. The van der Waals surface area contributed by atoms with Gasteiger partial charge in [0.15, 0.2) is 0 Å². The molecule has 1 amide bonds. The Bertz CT molecular complexity index is 658. The Hall–Kier alpha value is -1.88. The van der Waals surface area contributed by atoms with Gasteiger partial charge in [0.25, 0.3) is 11.5 Å². The molecule has 1 fully saturated rings. The number of aliphatic hydroxyl groups is 1. The van der Waals surface area contributed by atoms with Gasteiger partial charge >= 0.3 is 0 Å². The van der Waals surface area contributed by atoms with Crippen molar-refractivity contribution in [1.29, 1.82) is 0 Å². The van der Waals surface area contributed by atoms with Crippen LogP contribution < -0.4 is 5.56 Å². The van der Waals surface area contributed by atoms with Crippen LogP contribution in [0.25, 0.3) is 0 Å². The predicted molar refractivity (Wildman–Crippen MR) is 90.4 cm³/mol. The van der Waals surface area contributed by atoms with Crippen molar-refractivity contribution in [2.45, 2.75) is 33.1 Å². The van der Waals surface area contributed by atoms with Crippen LogP contribution in [0.5, 0.6) is 0 Å². The molecule has 1 atom stereocenters. The maximum atomic E-state index is 12.7. The number of aromatic nitrogens is 1. The first-order chi connectivity index (χ1) is 10.9. The van der Waals surface area contributed by atoms with E-state index in [1.807, 2.05) is 13.8 Å². The Morgan fingerprint density at radius 3 is 2.83 bits per heavy atom. The van der Waals surface area contributed by atoms with Gasteiger partial charge in [0.1, 0.15) is 5.56 Å². The van der Waals surface area contributed by atoms with E-state index in [4.69, 9.17) is 0 Å². The highest BCUT2D eigenvalue weighted by Crippen LogP contribution is 2.34. The number of hydrogen-bond acceptors (Lipinski definition) is 3. The van der Waals surface area contributed by atoms with Crippen LogP contribution in [0.3, 0.4) is 0 Å². The van der Waals surface area contributed by atoms with Gasteiger partial charge < -0.3 is 14.6 Å². The number of nitrogens with zero attached hydrogens (tertiary/aromatic N) is 2. The van der Waals surface area contributed by atoms with E-state index < -0.39 is 0 Å². The summed E-state index contributed by atoms with van der Waals surface area (Å²) in [6, 6.07) is 3.29. The first-order valence-corrected chi connectivity index (χ1v) is 8.08. The number of carbonyl (C=O) groups excluding carboxylic acids is 1. The molecule has 1 N–H and O–H groups in total. The molecule has 1 saturated heterocycles. The van der Waals surface area contributed by atoms with E-state index in [0.717, 1.165) is 19.3 Å². The summed E-state index contributed by atoms with van der Waals surface area (Å²) in [6.07, 6.45) is 6.25. The van der Waals surface area contributed by atoms with Crippen molar-refractivity contribution in [2.75, 3.05) is 19.7 Å². The van der Waals surface area contributed by atoms with Crippen molar-refractivity contribution >= 4 is 5.91 Å². The first kappa shape index (κ1) is 17.5. The summed E-state index contributed by atoms with van der Waals surface area (Å²) in [4.78, 5) is 26.6. The van der Waals surface area contributed by atoms with Gasteiger partial charge in [-0.2, -0.15) is 0 Å². The molecule has 2 heterocycles. The summed E-state index contributed by atoms with van der Waals surface area (Å²) in [6.45, 7) is 5.24. The number of allylic oxidation sites excluding steroid dienone is 2. The largest absolute Gasteiger partial charge is 0.396 e. The second-order valence-corrected chi connectivity index (χ2v) is 6.81. The molecule has 0 radical (unpaired) electrons. The molecule has 5 nitrogen and oxygen atoms in total. The highest BCUT2D eigenvalue weighted by Gasteiger charge is 2.36. The maximum Gasteiger partial charge on any atom is 0.263 e. The molecule has 0 aromatic carbocycles. The van der Waals surface area contributed by atoms with Gasteiger partial charge in [-0.25, -0.2) is 0 Å². The molecule has 126 valence electrons. The van der Waals surface area contributed by atoms with Gasteiger partial charge in [0.05, 0.1) is 6.61 Å². The summed E-state index contributed by atoms with van der Waals surface area (Å²) in [5, 5.41) is 9.89. The zero-order valence-electron chi connectivity index (χ0n) is 14.2. The lowest BCUT2D eigenvalue weighted by molar-refractivity contribution is 0.0283. The number of carbonyl (C=O) groups is 1. The summed E-state index contributed by atoms with van der Waals surface area (Å²) in [5.41, 5.74) is 0.830. The molecule has 2 rings (SSSR count). The normalized spacial score (nSPS) is 21.1. The van der Waals surface area contributed by atoms with Crippen molar-refractivity contribution in [3.8, 4) is 0 Å². The molecule has 1 unspecified atom stereocenters. The highest BCUT2D eigenvalue weighted by atomic mass is 16.3. The quantitative estimate of drug-likeness (QED) is 0.863. The molecule has 1 aromatic heterocycles. The molecule has 1 aromatic rings. The van der Waals surface area contributed by atoms with E-state index in [1.54, 1.807) is 30.3 Å². The summed E-state index contributed by atoms with van der Waals surface area (Å²) in [7, 11) is 1.64. The molecule has 23 heavy (non-hydrogen) atoms. The third kappa shape index (κ3) is 3.91. The van der Waals surface area contributed by atoms with Crippen molar-refractivity contribution in [1.82, 2.24) is 9.47 Å². The molecular formula is C18H26N2O3. The summed E-state index contributed by atoms with van der Waals surface area (Å²) in [5.74, 6) is -0.235. The SMILES string of the molecule is CC(C)=CCC1(CO)CCCN(C(=O)c2cccn(C)c2=O)C1. The molecule has 0 aliphatic carbocycles. The van der Waals surface area contributed by atoms with Crippen LogP contribution in [0.4, 0.5) is 0 Å². The number of rotatable bonds is 4. The van der Waals surface area contributed by atoms with Gasteiger partial charge in [0, 0.05) is 31.7 Å². The molecule has 0 spiro atoms. The number of pyridine rings is 1. The lowest BCUT2D eigenvalue weighted by Gasteiger charge is -2.41. The highest BCUT2D eigenvalue weighted by molar-refractivity contribution is 5.93. The van der Waals surface area contributed by atoms with Crippen LogP contribution in [0.1, 0.15) is 43.5 Å². The fourth-order valence-corrected chi connectivity index (χ4v) is 3.09. The lowest BCUT2D eigenvalue weighted by Crippen LogP contribution is -2.48. The summed E-state index contributed by atoms with van der Waals surface area (Å²) >= 11 is 0. The Kier molecular flexibility index (Phi) is 5.42. The van der Waals surface area contributed by atoms with Gasteiger partial charge in [-0.15, -0.1) is 0 Å². The molecular weight excluding hydrogens is 292 g/mol. The van der Waals surface area contributed by atoms with Crippen LogP contribution in [-0.2, 0) is 7.05 Å². The number of likely N-dealkylation sites (tertiary alicyclic amines) is 1. The van der Waals surface area contributed by atoms with Gasteiger partial charge in [-0.3, -0.25) is 9.59 Å². The van der Waals surface area contributed by atoms with Crippen molar-refractivity contribution in [2.24, 2.45) is 12.5 Å². The average Bonchev–Trinajstić information content (AvgIpc) is 2.55. The summed E-state index contributed by atoms with van der Waals surface area (Å²) < 4.78 is 1.42. The van der Waals surface area contributed by atoms with E-state index in [1.165, 1.54) is 10.1 Å².